The van der Waals surface area contributed by atoms with Crippen LogP contribution in [0.2, 0.25) is 0 Å². The van der Waals surface area contributed by atoms with E-state index in [2.05, 4.69) is 20.0 Å². The third-order valence-corrected chi connectivity index (χ3v) is 3.10. The second kappa shape index (κ2) is 4.10. The third kappa shape index (κ3) is 2.38. The standard InChI is InChI=1S/C10H16N4OS/c1-10(2,3)8-13-9(16-14-8)12-7(15)6-4-5-11-6/h6,11H,4-5H2,1-3H3,(H,12,13,14,15)/t6-/m0/s1. The van der Waals surface area contributed by atoms with E-state index in [0.29, 0.717) is 5.13 Å². The van der Waals surface area contributed by atoms with Crippen LogP contribution in [0.3, 0.4) is 0 Å². The number of anilines is 1. The Balaban J connectivity index is 1.99. The van der Waals surface area contributed by atoms with Crippen LogP contribution >= 0.6 is 11.5 Å². The Morgan fingerprint density at radius 3 is 2.69 bits per heavy atom. The molecule has 2 N–H and O–H groups in total. The average molecular weight is 240 g/mol. The lowest BCUT2D eigenvalue weighted by molar-refractivity contribution is -0.119. The Morgan fingerprint density at radius 1 is 1.56 bits per heavy atom. The van der Waals surface area contributed by atoms with Gasteiger partial charge in [-0.15, -0.1) is 0 Å². The zero-order chi connectivity index (χ0) is 11.8. The maximum absolute atomic E-state index is 11.6. The number of carbonyl (C=O) groups is 1. The Labute approximate surface area is 98.8 Å². The molecule has 16 heavy (non-hydrogen) atoms. The molecule has 1 aromatic heterocycles. The van der Waals surface area contributed by atoms with Gasteiger partial charge >= 0.3 is 0 Å². The molecule has 1 atom stereocenters. The van der Waals surface area contributed by atoms with Gasteiger partial charge in [0.2, 0.25) is 11.0 Å². The Morgan fingerprint density at radius 2 is 2.25 bits per heavy atom. The number of aromatic nitrogens is 2. The van der Waals surface area contributed by atoms with E-state index in [4.69, 9.17) is 0 Å². The average Bonchev–Trinajstić information content (AvgIpc) is 2.47. The number of hydrogen-bond acceptors (Lipinski definition) is 5. The first kappa shape index (κ1) is 11.5. The smallest absolute Gasteiger partial charge is 0.243 e. The molecule has 0 spiro atoms. The molecule has 0 aliphatic carbocycles. The van der Waals surface area contributed by atoms with E-state index in [0.717, 1.165) is 18.8 Å². The van der Waals surface area contributed by atoms with Gasteiger partial charge in [0, 0.05) is 16.9 Å². The predicted octanol–water partition coefficient (Wildman–Crippen LogP) is 1.14. The van der Waals surface area contributed by atoms with Gasteiger partial charge in [-0.25, -0.2) is 4.98 Å². The fraction of sp³-hybridized carbons (Fsp3) is 0.700. The summed E-state index contributed by atoms with van der Waals surface area (Å²) in [6.45, 7) is 7.07. The molecule has 88 valence electrons. The molecule has 0 radical (unpaired) electrons. The van der Waals surface area contributed by atoms with Gasteiger partial charge in [0.25, 0.3) is 0 Å². The minimum absolute atomic E-state index is 0.0112. The van der Waals surface area contributed by atoms with Gasteiger partial charge in [0.05, 0.1) is 6.04 Å². The molecule has 0 saturated carbocycles. The highest BCUT2D eigenvalue weighted by Gasteiger charge is 2.26. The van der Waals surface area contributed by atoms with E-state index in [1.165, 1.54) is 11.5 Å². The molecular formula is C10H16N4OS. The first-order valence-electron chi connectivity index (χ1n) is 5.35. The van der Waals surface area contributed by atoms with Crippen LogP contribution in [-0.2, 0) is 10.2 Å². The quantitative estimate of drug-likeness (QED) is 0.813. The van der Waals surface area contributed by atoms with E-state index < -0.39 is 0 Å². The molecule has 2 heterocycles. The number of rotatable bonds is 2. The largest absolute Gasteiger partial charge is 0.306 e. The summed E-state index contributed by atoms with van der Waals surface area (Å²) < 4.78 is 4.24. The van der Waals surface area contributed by atoms with Gasteiger partial charge in [-0.2, -0.15) is 4.37 Å². The highest BCUT2D eigenvalue weighted by atomic mass is 32.1. The lowest BCUT2D eigenvalue weighted by Gasteiger charge is -2.25. The molecule has 0 aromatic carbocycles. The van der Waals surface area contributed by atoms with Gasteiger partial charge in [-0.3, -0.25) is 10.1 Å². The first-order valence-corrected chi connectivity index (χ1v) is 6.12. The SMILES string of the molecule is CC(C)(C)c1nsc(NC(=O)[C@@H]2CCN2)n1. The van der Waals surface area contributed by atoms with E-state index >= 15 is 0 Å². The fourth-order valence-corrected chi connectivity index (χ4v) is 2.05. The summed E-state index contributed by atoms with van der Waals surface area (Å²) in [6.07, 6.45) is 0.900. The summed E-state index contributed by atoms with van der Waals surface area (Å²) in [5.41, 5.74) is -0.0752. The van der Waals surface area contributed by atoms with E-state index in [9.17, 15) is 4.79 Å². The monoisotopic (exact) mass is 240 g/mol. The maximum atomic E-state index is 11.6. The number of hydrogen-bond donors (Lipinski definition) is 2. The molecule has 1 fully saturated rings. The van der Waals surface area contributed by atoms with Crippen molar-refractivity contribution in [1.82, 2.24) is 14.7 Å². The van der Waals surface area contributed by atoms with E-state index in [1.807, 2.05) is 20.8 Å². The van der Waals surface area contributed by atoms with Crippen molar-refractivity contribution in [2.75, 3.05) is 11.9 Å². The van der Waals surface area contributed by atoms with Crippen LogP contribution in [0.4, 0.5) is 5.13 Å². The summed E-state index contributed by atoms with van der Waals surface area (Å²) in [5.74, 6) is 0.761. The summed E-state index contributed by atoms with van der Waals surface area (Å²) in [7, 11) is 0. The van der Waals surface area contributed by atoms with E-state index in [-0.39, 0.29) is 17.4 Å². The molecular weight excluding hydrogens is 224 g/mol. The number of amides is 1. The van der Waals surface area contributed by atoms with Crippen LogP contribution in [0.1, 0.15) is 33.0 Å². The lowest BCUT2D eigenvalue weighted by Crippen LogP contribution is -2.50. The number of nitrogens with one attached hydrogen (secondary N) is 2. The molecule has 1 amide bonds. The fourth-order valence-electron chi connectivity index (χ4n) is 1.28. The summed E-state index contributed by atoms with van der Waals surface area (Å²) in [4.78, 5) is 15.9. The zero-order valence-corrected chi connectivity index (χ0v) is 10.5. The second-order valence-corrected chi connectivity index (χ2v) is 5.71. The molecule has 0 unspecified atom stereocenters. The molecule has 5 nitrogen and oxygen atoms in total. The van der Waals surface area contributed by atoms with Gasteiger partial charge in [-0.1, -0.05) is 20.8 Å². The van der Waals surface area contributed by atoms with Crippen molar-refractivity contribution >= 4 is 22.6 Å². The van der Waals surface area contributed by atoms with Crippen LogP contribution in [0, 0.1) is 0 Å². The van der Waals surface area contributed by atoms with E-state index in [1.54, 1.807) is 0 Å². The van der Waals surface area contributed by atoms with Crippen molar-refractivity contribution < 1.29 is 4.79 Å². The highest BCUT2D eigenvalue weighted by Crippen LogP contribution is 2.23. The third-order valence-electron chi connectivity index (χ3n) is 2.47. The van der Waals surface area contributed by atoms with Gasteiger partial charge in [0.1, 0.15) is 5.82 Å². The highest BCUT2D eigenvalue weighted by molar-refractivity contribution is 7.09. The topological polar surface area (TPSA) is 66.9 Å². The zero-order valence-electron chi connectivity index (χ0n) is 9.70. The molecule has 2 rings (SSSR count). The van der Waals surface area contributed by atoms with Crippen LogP contribution in [0.15, 0.2) is 0 Å². The molecule has 6 heteroatoms. The van der Waals surface area contributed by atoms with Crippen molar-refractivity contribution in [3.8, 4) is 0 Å². The first-order chi connectivity index (χ1) is 7.47. The Hall–Kier alpha value is -1.01. The normalized spacial score (nSPS) is 20.3. The Kier molecular flexibility index (Phi) is 2.94. The molecule has 0 bridgehead atoms. The van der Waals surface area contributed by atoms with Gasteiger partial charge in [0.15, 0.2) is 0 Å². The summed E-state index contributed by atoms with van der Waals surface area (Å²) >= 11 is 1.24. The Bertz CT molecular complexity index is 392. The number of carbonyl (C=O) groups excluding carboxylic acids is 1. The van der Waals surface area contributed by atoms with Gasteiger partial charge < -0.3 is 5.32 Å². The summed E-state index contributed by atoms with van der Waals surface area (Å²) in [6, 6.07) is -0.0537. The molecule has 1 aliphatic heterocycles. The van der Waals surface area contributed by atoms with Crippen LogP contribution in [-0.4, -0.2) is 27.9 Å². The van der Waals surface area contributed by atoms with Crippen molar-refractivity contribution in [3.05, 3.63) is 5.82 Å². The number of nitrogens with zero attached hydrogens (tertiary/aromatic N) is 2. The minimum atomic E-state index is -0.0752. The predicted molar refractivity (Wildman–Crippen MR) is 63.6 cm³/mol. The summed E-state index contributed by atoms with van der Waals surface area (Å²) in [5, 5.41) is 6.41. The van der Waals surface area contributed by atoms with Crippen molar-refractivity contribution in [3.63, 3.8) is 0 Å². The minimum Gasteiger partial charge on any atom is -0.306 e. The van der Waals surface area contributed by atoms with Crippen molar-refractivity contribution in [2.45, 2.75) is 38.6 Å². The van der Waals surface area contributed by atoms with Crippen LogP contribution < -0.4 is 10.6 Å². The molecule has 1 saturated heterocycles. The van der Waals surface area contributed by atoms with Crippen LogP contribution in [0.5, 0.6) is 0 Å². The maximum Gasteiger partial charge on any atom is 0.243 e. The van der Waals surface area contributed by atoms with Crippen molar-refractivity contribution in [2.24, 2.45) is 0 Å². The van der Waals surface area contributed by atoms with Gasteiger partial charge in [-0.05, 0) is 13.0 Å². The van der Waals surface area contributed by atoms with Crippen molar-refractivity contribution in [1.29, 1.82) is 0 Å². The molecule has 1 aliphatic rings. The second-order valence-electron chi connectivity index (χ2n) is 4.96. The molecule has 1 aromatic rings. The van der Waals surface area contributed by atoms with Crippen LogP contribution in [0.25, 0.3) is 0 Å². The lowest BCUT2D eigenvalue weighted by atomic mass is 9.96.